The van der Waals surface area contributed by atoms with Crippen LogP contribution in [-0.2, 0) is 0 Å². The topological polar surface area (TPSA) is 62.2 Å². The van der Waals surface area contributed by atoms with Crippen LogP contribution >= 0.6 is 22.7 Å². The van der Waals surface area contributed by atoms with E-state index in [1.165, 1.54) is 41.8 Å². The molecule has 3 aromatic rings. The molecular weight excluding hydrogens is 335 g/mol. The van der Waals surface area contributed by atoms with Crippen LogP contribution in [0.3, 0.4) is 0 Å². The van der Waals surface area contributed by atoms with Gasteiger partial charge in [-0.3, -0.25) is 4.79 Å². The first-order valence-corrected chi connectivity index (χ1v) is 8.54. The van der Waals surface area contributed by atoms with Gasteiger partial charge >= 0.3 is 0 Å². The first kappa shape index (κ1) is 15.8. The number of thiophene rings is 1. The van der Waals surface area contributed by atoms with Crippen LogP contribution < -0.4 is 5.32 Å². The highest BCUT2D eigenvalue weighted by Gasteiger charge is 2.14. The van der Waals surface area contributed by atoms with E-state index in [0.29, 0.717) is 10.4 Å². The average molecular weight is 348 g/mol. The Morgan fingerprint density at radius 2 is 2.09 bits per heavy atom. The van der Waals surface area contributed by atoms with Gasteiger partial charge in [0.1, 0.15) is 15.7 Å². The summed E-state index contributed by atoms with van der Waals surface area (Å²) in [6.45, 7) is 0.0523. The molecule has 3 rings (SSSR count). The molecule has 0 bridgehead atoms. The highest BCUT2D eigenvalue weighted by Crippen LogP contribution is 2.28. The Bertz CT molecular complexity index is 785. The number of carbonyl (C=O) groups is 1. The molecule has 0 radical (unpaired) electrons. The van der Waals surface area contributed by atoms with E-state index in [-0.39, 0.29) is 18.3 Å². The van der Waals surface area contributed by atoms with Gasteiger partial charge in [0, 0.05) is 6.54 Å². The van der Waals surface area contributed by atoms with Gasteiger partial charge in [-0.05, 0) is 29.1 Å². The maximum absolute atomic E-state index is 12.8. The molecule has 1 unspecified atom stereocenters. The maximum atomic E-state index is 12.8. The van der Waals surface area contributed by atoms with Crippen molar-refractivity contribution in [2.75, 3.05) is 6.54 Å². The summed E-state index contributed by atoms with van der Waals surface area (Å²) in [6.07, 6.45) is 0.642. The Kier molecular flexibility index (Phi) is 4.80. The van der Waals surface area contributed by atoms with Gasteiger partial charge in [-0.15, -0.1) is 22.7 Å². The van der Waals surface area contributed by atoms with Crippen molar-refractivity contribution in [1.29, 1.82) is 0 Å². The molecule has 0 fully saturated rings. The van der Waals surface area contributed by atoms with Crippen LogP contribution in [0.25, 0.3) is 9.88 Å². The number of aliphatic hydroxyl groups is 1. The largest absolute Gasteiger partial charge is 0.387 e. The number of rotatable bonds is 5. The summed E-state index contributed by atoms with van der Waals surface area (Å²) in [4.78, 5) is 17.8. The highest BCUT2D eigenvalue weighted by atomic mass is 32.1. The second kappa shape index (κ2) is 6.99. The SMILES string of the molecule is O=C(NCC(O)c1ccc(F)cc1)c1cnc(-c2cccs2)s1. The number of hydrogen-bond donors (Lipinski definition) is 2. The fourth-order valence-corrected chi connectivity index (χ4v) is 3.61. The Hall–Kier alpha value is -2.09. The molecule has 7 heteroatoms. The molecule has 0 aliphatic heterocycles. The summed E-state index contributed by atoms with van der Waals surface area (Å²) >= 11 is 2.87. The molecule has 2 aromatic heterocycles. The van der Waals surface area contributed by atoms with Gasteiger partial charge in [-0.1, -0.05) is 18.2 Å². The van der Waals surface area contributed by atoms with Gasteiger partial charge in [-0.2, -0.15) is 0 Å². The standard InChI is InChI=1S/C16H13FN2O2S2/c17-11-5-3-10(4-6-11)12(20)8-18-15(21)14-9-19-16(23-14)13-2-1-7-22-13/h1-7,9,12,20H,8H2,(H,18,21). The molecule has 1 amide bonds. The number of hydrogen-bond acceptors (Lipinski definition) is 5. The quantitative estimate of drug-likeness (QED) is 0.742. The van der Waals surface area contributed by atoms with Crippen molar-refractivity contribution in [2.45, 2.75) is 6.10 Å². The normalized spacial score (nSPS) is 12.1. The Morgan fingerprint density at radius 3 is 2.78 bits per heavy atom. The molecule has 118 valence electrons. The van der Waals surface area contributed by atoms with E-state index < -0.39 is 6.10 Å². The highest BCUT2D eigenvalue weighted by molar-refractivity contribution is 7.21. The first-order valence-electron chi connectivity index (χ1n) is 6.85. The minimum atomic E-state index is -0.885. The zero-order valence-electron chi connectivity index (χ0n) is 11.9. The van der Waals surface area contributed by atoms with E-state index in [1.807, 2.05) is 17.5 Å². The fraction of sp³-hybridized carbons (Fsp3) is 0.125. The van der Waals surface area contributed by atoms with Crippen LogP contribution in [0.2, 0.25) is 0 Å². The summed E-state index contributed by atoms with van der Waals surface area (Å²) in [7, 11) is 0. The van der Waals surface area contributed by atoms with E-state index in [9.17, 15) is 14.3 Å². The number of amides is 1. The van der Waals surface area contributed by atoms with Crippen LogP contribution in [0.1, 0.15) is 21.3 Å². The van der Waals surface area contributed by atoms with Crippen LogP contribution in [0.4, 0.5) is 4.39 Å². The Labute approximate surface area is 140 Å². The van der Waals surface area contributed by atoms with Gasteiger partial charge < -0.3 is 10.4 Å². The van der Waals surface area contributed by atoms with Crippen molar-refractivity contribution in [3.8, 4) is 9.88 Å². The molecule has 23 heavy (non-hydrogen) atoms. The molecule has 2 N–H and O–H groups in total. The number of aliphatic hydroxyl groups excluding tert-OH is 1. The van der Waals surface area contributed by atoms with Crippen molar-refractivity contribution >= 4 is 28.6 Å². The molecule has 0 saturated carbocycles. The second-order valence-corrected chi connectivity index (χ2v) is 6.76. The van der Waals surface area contributed by atoms with Crippen LogP contribution in [0, 0.1) is 5.82 Å². The van der Waals surface area contributed by atoms with Crippen LogP contribution in [-0.4, -0.2) is 22.5 Å². The van der Waals surface area contributed by atoms with Gasteiger partial charge in [0.05, 0.1) is 17.2 Å². The fourth-order valence-electron chi connectivity index (χ4n) is 1.97. The van der Waals surface area contributed by atoms with E-state index in [4.69, 9.17) is 0 Å². The van der Waals surface area contributed by atoms with Crippen molar-refractivity contribution in [3.63, 3.8) is 0 Å². The zero-order valence-corrected chi connectivity index (χ0v) is 13.5. The van der Waals surface area contributed by atoms with Crippen molar-refractivity contribution < 1.29 is 14.3 Å². The average Bonchev–Trinajstić information content (AvgIpc) is 3.23. The number of halogens is 1. The van der Waals surface area contributed by atoms with Crippen molar-refractivity contribution in [1.82, 2.24) is 10.3 Å². The molecule has 0 spiro atoms. The number of thiazole rings is 1. The number of benzene rings is 1. The third-order valence-electron chi connectivity index (χ3n) is 3.17. The van der Waals surface area contributed by atoms with E-state index in [0.717, 1.165) is 9.88 Å². The Balaban J connectivity index is 1.60. The Morgan fingerprint density at radius 1 is 1.30 bits per heavy atom. The van der Waals surface area contributed by atoms with Crippen molar-refractivity contribution in [3.05, 3.63) is 64.2 Å². The monoisotopic (exact) mass is 348 g/mol. The number of nitrogens with zero attached hydrogens (tertiary/aromatic N) is 1. The summed E-state index contributed by atoms with van der Waals surface area (Å²) in [5.74, 6) is -0.651. The molecular formula is C16H13FN2O2S2. The summed E-state index contributed by atoms with van der Waals surface area (Å²) < 4.78 is 12.8. The first-order chi connectivity index (χ1) is 11.1. The minimum Gasteiger partial charge on any atom is -0.387 e. The van der Waals surface area contributed by atoms with E-state index >= 15 is 0 Å². The molecule has 1 atom stereocenters. The lowest BCUT2D eigenvalue weighted by Gasteiger charge is -2.11. The molecule has 1 aromatic carbocycles. The third-order valence-corrected chi connectivity index (χ3v) is 5.21. The van der Waals surface area contributed by atoms with Gasteiger partial charge in [-0.25, -0.2) is 9.37 Å². The number of nitrogens with one attached hydrogen (secondary N) is 1. The van der Waals surface area contributed by atoms with Crippen LogP contribution in [0.15, 0.2) is 48.0 Å². The molecule has 0 saturated heterocycles. The van der Waals surface area contributed by atoms with Crippen molar-refractivity contribution in [2.24, 2.45) is 0 Å². The molecule has 0 aliphatic rings. The van der Waals surface area contributed by atoms with Gasteiger partial charge in [0.25, 0.3) is 5.91 Å². The number of aromatic nitrogens is 1. The van der Waals surface area contributed by atoms with Crippen LogP contribution in [0.5, 0.6) is 0 Å². The van der Waals surface area contributed by atoms with E-state index in [1.54, 1.807) is 11.3 Å². The smallest absolute Gasteiger partial charge is 0.263 e. The molecule has 4 nitrogen and oxygen atoms in total. The predicted octanol–water partition coefficient (Wildman–Crippen LogP) is 3.47. The summed E-state index contributed by atoms with van der Waals surface area (Å²) in [5.41, 5.74) is 0.551. The molecule has 0 aliphatic carbocycles. The third kappa shape index (κ3) is 3.82. The predicted molar refractivity (Wildman–Crippen MR) is 89.1 cm³/mol. The van der Waals surface area contributed by atoms with Gasteiger partial charge in [0.15, 0.2) is 0 Å². The lowest BCUT2D eigenvalue weighted by molar-refractivity contribution is 0.0920. The second-order valence-electron chi connectivity index (χ2n) is 4.78. The minimum absolute atomic E-state index is 0.0523. The lowest BCUT2D eigenvalue weighted by atomic mass is 10.1. The zero-order chi connectivity index (χ0) is 16.2. The maximum Gasteiger partial charge on any atom is 0.263 e. The summed E-state index contributed by atoms with van der Waals surface area (Å²) in [5, 5.41) is 15.4. The lowest BCUT2D eigenvalue weighted by Crippen LogP contribution is -2.27. The van der Waals surface area contributed by atoms with E-state index in [2.05, 4.69) is 10.3 Å². The van der Waals surface area contributed by atoms with Gasteiger partial charge in [0.2, 0.25) is 0 Å². The number of carbonyl (C=O) groups excluding carboxylic acids is 1. The summed E-state index contributed by atoms with van der Waals surface area (Å²) in [6, 6.07) is 9.42. The molecule has 2 heterocycles.